The average Bonchev–Trinajstić information content (AvgIpc) is 3.49. The van der Waals surface area contributed by atoms with Crippen LogP contribution in [0.4, 0.5) is 23.4 Å². The second-order valence-corrected chi connectivity index (χ2v) is 10.4. The number of nitrogens with two attached hydrogens (primary N) is 1. The minimum absolute atomic E-state index is 0.0328. The van der Waals surface area contributed by atoms with E-state index in [1.165, 1.54) is 12.1 Å². The van der Waals surface area contributed by atoms with Crippen LogP contribution in [0.1, 0.15) is 67.0 Å². The van der Waals surface area contributed by atoms with E-state index in [4.69, 9.17) is 10.7 Å². The van der Waals surface area contributed by atoms with Gasteiger partial charge in [-0.05, 0) is 48.6 Å². The highest BCUT2D eigenvalue weighted by Gasteiger charge is 2.38. The number of rotatable bonds is 4. The summed E-state index contributed by atoms with van der Waals surface area (Å²) in [6, 6.07) is 9.98. The zero-order chi connectivity index (χ0) is 27.5. The first-order valence-corrected chi connectivity index (χ1v) is 13.0. The fourth-order valence-corrected chi connectivity index (χ4v) is 6.01. The zero-order valence-electron chi connectivity index (χ0n) is 21.3. The third-order valence-electron chi connectivity index (χ3n) is 8.16. The molecule has 2 aliphatic rings. The Kier molecular flexibility index (Phi) is 6.08. The maximum absolute atomic E-state index is 15.7. The molecule has 0 aliphatic carbocycles. The van der Waals surface area contributed by atoms with Crippen molar-refractivity contribution < 1.29 is 22.4 Å². The summed E-state index contributed by atoms with van der Waals surface area (Å²) in [7, 11) is 0. The van der Waals surface area contributed by atoms with Crippen molar-refractivity contribution in [1.29, 1.82) is 0 Å². The molecule has 1 amide bonds. The Bertz CT molecular complexity index is 1580. The highest BCUT2D eigenvalue weighted by Crippen LogP contribution is 2.39. The Balaban J connectivity index is 1.37. The average molecular weight is 538 g/mol. The van der Waals surface area contributed by atoms with Crippen LogP contribution in [0.3, 0.4) is 0 Å². The van der Waals surface area contributed by atoms with Crippen LogP contribution in [0, 0.1) is 5.82 Å². The summed E-state index contributed by atoms with van der Waals surface area (Å²) >= 11 is 0. The molecule has 0 bridgehead atoms. The number of halogens is 4. The summed E-state index contributed by atoms with van der Waals surface area (Å²) < 4.78 is 57.2. The van der Waals surface area contributed by atoms with Crippen LogP contribution in [0.5, 0.6) is 0 Å². The van der Waals surface area contributed by atoms with Crippen LogP contribution in [-0.4, -0.2) is 37.8 Å². The van der Waals surface area contributed by atoms with E-state index in [0.29, 0.717) is 41.1 Å². The molecule has 0 spiro atoms. The maximum Gasteiger partial charge on any atom is 0.416 e. The van der Waals surface area contributed by atoms with Crippen LogP contribution in [0.25, 0.3) is 16.8 Å². The first-order valence-electron chi connectivity index (χ1n) is 13.0. The fourth-order valence-electron chi connectivity index (χ4n) is 6.01. The molecule has 2 N–H and O–H groups in total. The molecule has 0 saturated carbocycles. The van der Waals surface area contributed by atoms with E-state index >= 15 is 4.39 Å². The van der Waals surface area contributed by atoms with Gasteiger partial charge in [0, 0.05) is 48.8 Å². The van der Waals surface area contributed by atoms with Crippen LogP contribution >= 0.6 is 0 Å². The molecule has 39 heavy (non-hydrogen) atoms. The predicted molar refractivity (Wildman–Crippen MR) is 138 cm³/mol. The minimum atomic E-state index is -4.46. The number of imidazole rings is 1. The van der Waals surface area contributed by atoms with E-state index < -0.39 is 23.5 Å². The lowest BCUT2D eigenvalue weighted by molar-refractivity contribution is -0.137. The summed E-state index contributed by atoms with van der Waals surface area (Å²) in [6.45, 7) is 2.30. The molecule has 2 aromatic heterocycles. The zero-order valence-corrected chi connectivity index (χ0v) is 21.3. The SMILES string of the molecule is C[C@H](c1cccc(C(F)(F)F)c1)c1ccc(-c2nc([C@@H]3CC[C@H]4CCC(=O)N4C3)n3ccnc(N)c23)c(F)c1. The number of carbonyl (C=O) groups is 1. The first-order chi connectivity index (χ1) is 18.6. The molecule has 6 rings (SSSR count). The molecule has 202 valence electrons. The number of amides is 1. The number of carbonyl (C=O) groups excluding carboxylic acids is 1. The highest BCUT2D eigenvalue weighted by atomic mass is 19.4. The molecule has 2 aromatic carbocycles. The van der Waals surface area contributed by atoms with Gasteiger partial charge in [-0.15, -0.1) is 0 Å². The summed E-state index contributed by atoms with van der Waals surface area (Å²) in [6.07, 6.45) is 2.05. The molecule has 10 heteroatoms. The van der Waals surface area contributed by atoms with Crippen molar-refractivity contribution in [2.75, 3.05) is 12.3 Å². The van der Waals surface area contributed by atoms with Crippen molar-refractivity contribution in [3.05, 3.63) is 83.2 Å². The van der Waals surface area contributed by atoms with Crippen LogP contribution in [0.2, 0.25) is 0 Å². The number of alkyl halides is 3. The molecule has 2 aliphatic heterocycles. The van der Waals surface area contributed by atoms with Crippen LogP contribution in [0.15, 0.2) is 54.9 Å². The summed E-state index contributed by atoms with van der Waals surface area (Å²) in [5, 5.41) is 0. The molecular formula is C29H27F4N5O. The van der Waals surface area contributed by atoms with Gasteiger partial charge in [-0.1, -0.05) is 31.2 Å². The second-order valence-electron chi connectivity index (χ2n) is 10.4. The van der Waals surface area contributed by atoms with E-state index in [2.05, 4.69) is 4.98 Å². The van der Waals surface area contributed by atoms with E-state index in [-0.39, 0.29) is 29.2 Å². The molecule has 3 atom stereocenters. The topological polar surface area (TPSA) is 76.5 Å². The van der Waals surface area contributed by atoms with E-state index in [9.17, 15) is 18.0 Å². The fraction of sp³-hybridized carbons (Fsp3) is 0.345. The summed E-state index contributed by atoms with van der Waals surface area (Å²) in [5.41, 5.74) is 7.54. The quantitative estimate of drug-likeness (QED) is 0.317. The lowest BCUT2D eigenvalue weighted by Gasteiger charge is -2.34. The number of hydrogen-bond donors (Lipinski definition) is 1. The van der Waals surface area contributed by atoms with E-state index in [1.807, 2.05) is 9.30 Å². The number of nitrogen functional groups attached to an aromatic ring is 1. The normalized spacial score (nSPS) is 20.4. The molecular weight excluding hydrogens is 510 g/mol. The molecule has 4 heterocycles. The third-order valence-corrected chi connectivity index (χ3v) is 8.16. The number of piperidine rings is 1. The number of anilines is 1. The number of aromatic nitrogens is 3. The Labute approximate surface area is 222 Å². The van der Waals surface area contributed by atoms with Gasteiger partial charge in [-0.25, -0.2) is 14.4 Å². The lowest BCUT2D eigenvalue weighted by Crippen LogP contribution is -2.41. The van der Waals surface area contributed by atoms with Crippen LogP contribution < -0.4 is 5.73 Å². The van der Waals surface area contributed by atoms with Crippen LogP contribution in [-0.2, 0) is 11.0 Å². The molecule has 0 radical (unpaired) electrons. The minimum Gasteiger partial charge on any atom is -0.382 e. The van der Waals surface area contributed by atoms with Gasteiger partial charge in [0.15, 0.2) is 0 Å². The van der Waals surface area contributed by atoms with Crippen molar-refractivity contribution >= 4 is 17.2 Å². The van der Waals surface area contributed by atoms with Gasteiger partial charge in [0.25, 0.3) is 0 Å². The Hall–Kier alpha value is -3.95. The molecule has 2 saturated heterocycles. The van der Waals surface area contributed by atoms with Gasteiger partial charge in [0.1, 0.15) is 28.7 Å². The van der Waals surface area contributed by atoms with Crippen molar-refractivity contribution in [3.8, 4) is 11.3 Å². The van der Waals surface area contributed by atoms with Gasteiger partial charge < -0.3 is 10.6 Å². The first kappa shape index (κ1) is 25.3. The predicted octanol–water partition coefficient (Wildman–Crippen LogP) is 6.16. The highest BCUT2D eigenvalue weighted by molar-refractivity contribution is 5.86. The molecule has 6 nitrogen and oxygen atoms in total. The molecule has 0 unspecified atom stereocenters. The van der Waals surface area contributed by atoms with E-state index in [0.717, 1.165) is 31.4 Å². The summed E-state index contributed by atoms with van der Waals surface area (Å²) in [4.78, 5) is 23.4. The largest absolute Gasteiger partial charge is 0.416 e. The Morgan fingerprint density at radius 2 is 1.87 bits per heavy atom. The lowest BCUT2D eigenvalue weighted by atomic mass is 9.91. The summed E-state index contributed by atoms with van der Waals surface area (Å²) in [5.74, 6) is 0.00814. The Morgan fingerprint density at radius 3 is 2.64 bits per heavy atom. The van der Waals surface area contributed by atoms with Crippen molar-refractivity contribution in [1.82, 2.24) is 19.3 Å². The van der Waals surface area contributed by atoms with Gasteiger partial charge in [-0.3, -0.25) is 9.20 Å². The standard InChI is InChI=1S/C29H27F4N5O/c1-16(17-3-2-4-20(13-17)29(31,32)33)18-6-9-22(23(30)14-18)25-26-27(34)35-11-12-37(26)28(36-25)19-5-7-21-8-10-24(39)38(21)15-19/h2-4,6,9,11-14,16,19,21H,5,7-8,10,15H2,1H3,(H2,34,35)/t16-,19-,21+/m1/s1. The number of nitrogens with zero attached hydrogens (tertiary/aromatic N) is 4. The van der Waals surface area contributed by atoms with Gasteiger partial charge in [0.2, 0.25) is 5.91 Å². The van der Waals surface area contributed by atoms with Crippen molar-refractivity contribution in [2.24, 2.45) is 0 Å². The number of hydrogen-bond acceptors (Lipinski definition) is 4. The van der Waals surface area contributed by atoms with Crippen molar-refractivity contribution in [2.45, 2.75) is 56.7 Å². The number of fused-ring (bicyclic) bond motifs is 2. The molecule has 2 fully saturated rings. The van der Waals surface area contributed by atoms with Gasteiger partial charge in [-0.2, -0.15) is 13.2 Å². The van der Waals surface area contributed by atoms with Gasteiger partial charge >= 0.3 is 6.18 Å². The number of benzene rings is 2. The molecule has 4 aromatic rings. The van der Waals surface area contributed by atoms with Crippen molar-refractivity contribution in [3.63, 3.8) is 0 Å². The second kappa shape index (κ2) is 9.36. The smallest absolute Gasteiger partial charge is 0.382 e. The third kappa shape index (κ3) is 4.41. The Morgan fingerprint density at radius 1 is 1.08 bits per heavy atom. The van der Waals surface area contributed by atoms with E-state index in [1.54, 1.807) is 37.5 Å². The maximum atomic E-state index is 15.7. The monoisotopic (exact) mass is 537 g/mol. The van der Waals surface area contributed by atoms with Gasteiger partial charge in [0.05, 0.1) is 5.56 Å².